The van der Waals surface area contributed by atoms with Crippen molar-refractivity contribution in [2.75, 3.05) is 31.1 Å². The molecule has 0 aromatic heterocycles. The summed E-state index contributed by atoms with van der Waals surface area (Å²) < 4.78 is 0. The molecule has 0 radical (unpaired) electrons. The van der Waals surface area contributed by atoms with E-state index in [9.17, 15) is 4.79 Å². The molecule has 1 aliphatic carbocycles. The maximum atomic E-state index is 12.5. The van der Waals surface area contributed by atoms with Crippen LogP contribution >= 0.6 is 0 Å². The van der Waals surface area contributed by atoms with Crippen LogP contribution in [0, 0.1) is 0 Å². The molecule has 1 aliphatic heterocycles. The second-order valence-corrected chi connectivity index (χ2v) is 8.56. The molecule has 2 fully saturated rings. The van der Waals surface area contributed by atoms with Gasteiger partial charge in [-0.05, 0) is 36.0 Å². The average molecular weight is 344 g/mol. The third-order valence-electron chi connectivity index (χ3n) is 5.60. The van der Waals surface area contributed by atoms with E-state index in [1.807, 2.05) is 4.90 Å². The van der Waals surface area contributed by atoms with E-state index >= 15 is 0 Å². The lowest BCUT2D eigenvalue weighted by Crippen LogP contribution is -2.53. The predicted molar refractivity (Wildman–Crippen MR) is 104 cm³/mol. The number of rotatable bonds is 2. The quantitative estimate of drug-likeness (QED) is 0.875. The van der Waals surface area contributed by atoms with Gasteiger partial charge in [0.1, 0.15) is 0 Å². The molecule has 4 heteroatoms. The Labute approximate surface area is 152 Å². The first kappa shape index (κ1) is 18.1. The van der Waals surface area contributed by atoms with Gasteiger partial charge in [0.25, 0.3) is 0 Å². The summed E-state index contributed by atoms with van der Waals surface area (Å²) in [6.45, 7) is 10.2. The van der Waals surface area contributed by atoms with Gasteiger partial charge < -0.3 is 15.1 Å². The van der Waals surface area contributed by atoms with E-state index in [1.54, 1.807) is 0 Å². The van der Waals surface area contributed by atoms with E-state index in [-0.39, 0.29) is 11.4 Å². The number of anilines is 1. The van der Waals surface area contributed by atoms with Gasteiger partial charge in [-0.2, -0.15) is 0 Å². The summed E-state index contributed by atoms with van der Waals surface area (Å²) in [5.41, 5.74) is 2.82. The molecule has 2 amide bonds. The second kappa shape index (κ2) is 7.67. The Morgan fingerprint density at radius 1 is 0.960 bits per heavy atom. The van der Waals surface area contributed by atoms with Crippen molar-refractivity contribution in [1.29, 1.82) is 0 Å². The van der Waals surface area contributed by atoms with Gasteiger partial charge in [0, 0.05) is 37.9 Å². The van der Waals surface area contributed by atoms with Crippen LogP contribution in [-0.4, -0.2) is 43.2 Å². The topological polar surface area (TPSA) is 35.6 Å². The fourth-order valence-electron chi connectivity index (χ4n) is 3.85. The highest BCUT2D eigenvalue weighted by Gasteiger charge is 2.24. The monoisotopic (exact) mass is 343 g/mol. The van der Waals surface area contributed by atoms with Crippen LogP contribution in [-0.2, 0) is 5.41 Å². The number of hydrogen-bond acceptors (Lipinski definition) is 2. The lowest BCUT2D eigenvalue weighted by molar-refractivity contribution is 0.186. The molecule has 1 aromatic carbocycles. The Morgan fingerprint density at radius 2 is 1.56 bits per heavy atom. The zero-order valence-corrected chi connectivity index (χ0v) is 16.1. The summed E-state index contributed by atoms with van der Waals surface area (Å²) in [4.78, 5) is 16.8. The molecule has 0 atom stereocenters. The number of carbonyl (C=O) groups is 1. The predicted octanol–water partition coefficient (Wildman–Crippen LogP) is 4.15. The lowest BCUT2D eigenvalue weighted by Gasteiger charge is -2.37. The van der Waals surface area contributed by atoms with E-state index in [0.717, 1.165) is 39.0 Å². The molecule has 0 spiro atoms. The Kier molecular flexibility index (Phi) is 5.55. The zero-order chi connectivity index (χ0) is 17.9. The van der Waals surface area contributed by atoms with Crippen LogP contribution in [0.25, 0.3) is 0 Å². The summed E-state index contributed by atoms with van der Waals surface area (Å²) in [6, 6.07) is 9.44. The Bertz CT molecular complexity index is 562. The van der Waals surface area contributed by atoms with Gasteiger partial charge >= 0.3 is 6.03 Å². The van der Waals surface area contributed by atoms with E-state index in [2.05, 4.69) is 55.3 Å². The maximum Gasteiger partial charge on any atom is 0.317 e. The zero-order valence-electron chi connectivity index (χ0n) is 16.1. The minimum atomic E-state index is 0.134. The van der Waals surface area contributed by atoms with Crippen LogP contribution in [0.15, 0.2) is 24.3 Å². The van der Waals surface area contributed by atoms with E-state index in [4.69, 9.17) is 0 Å². The Balaban J connectivity index is 1.50. The number of benzene rings is 1. The highest BCUT2D eigenvalue weighted by atomic mass is 16.2. The largest absolute Gasteiger partial charge is 0.368 e. The highest BCUT2D eigenvalue weighted by Crippen LogP contribution is 2.25. The van der Waals surface area contributed by atoms with Crippen molar-refractivity contribution in [3.05, 3.63) is 29.8 Å². The molecule has 4 nitrogen and oxygen atoms in total. The molecule has 1 saturated heterocycles. The number of piperazine rings is 1. The van der Waals surface area contributed by atoms with Gasteiger partial charge in [0.05, 0.1) is 0 Å². The molecular weight excluding hydrogens is 310 g/mol. The first-order valence-electron chi connectivity index (χ1n) is 9.84. The van der Waals surface area contributed by atoms with Crippen LogP contribution in [0.2, 0.25) is 0 Å². The van der Waals surface area contributed by atoms with Crippen molar-refractivity contribution in [1.82, 2.24) is 10.2 Å². The third-order valence-corrected chi connectivity index (χ3v) is 5.60. The number of nitrogens with zero attached hydrogens (tertiary/aromatic N) is 2. The van der Waals surface area contributed by atoms with E-state index in [0.29, 0.717) is 6.04 Å². The fourth-order valence-corrected chi connectivity index (χ4v) is 3.85. The van der Waals surface area contributed by atoms with Gasteiger partial charge in [-0.3, -0.25) is 0 Å². The third kappa shape index (κ3) is 4.68. The van der Waals surface area contributed by atoms with Crippen molar-refractivity contribution < 1.29 is 4.79 Å². The van der Waals surface area contributed by atoms with Crippen LogP contribution in [0.5, 0.6) is 0 Å². The van der Waals surface area contributed by atoms with Crippen molar-refractivity contribution >= 4 is 11.7 Å². The minimum absolute atomic E-state index is 0.134. The molecule has 138 valence electrons. The normalized spacial score (nSPS) is 19.8. The van der Waals surface area contributed by atoms with Crippen LogP contribution in [0.4, 0.5) is 10.5 Å². The summed E-state index contributed by atoms with van der Waals surface area (Å²) in [5, 5.41) is 3.24. The fraction of sp³-hybridized carbons (Fsp3) is 0.667. The number of carbonyl (C=O) groups excluding carboxylic acids is 1. The Morgan fingerprint density at radius 3 is 2.12 bits per heavy atom. The van der Waals surface area contributed by atoms with Crippen molar-refractivity contribution in [2.45, 2.75) is 64.3 Å². The lowest BCUT2D eigenvalue weighted by atomic mass is 9.87. The summed E-state index contributed by atoms with van der Waals surface area (Å²) in [7, 11) is 0. The SMILES string of the molecule is CC(C)(C)c1ccc(N2CCN(C(=O)NC3CCCCC3)CC2)cc1. The van der Waals surface area contributed by atoms with Crippen molar-refractivity contribution in [3.63, 3.8) is 0 Å². The molecule has 1 saturated carbocycles. The molecule has 1 aromatic rings. The smallest absolute Gasteiger partial charge is 0.317 e. The van der Waals surface area contributed by atoms with E-state index < -0.39 is 0 Å². The van der Waals surface area contributed by atoms with Gasteiger partial charge in [-0.15, -0.1) is 0 Å². The number of hydrogen-bond donors (Lipinski definition) is 1. The first-order valence-corrected chi connectivity index (χ1v) is 9.84. The molecule has 2 aliphatic rings. The molecule has 25 heavy (non-hydrogen) atoms. The Hall–Kier alpha value is -1.71. The summed E-state index contributed by atoms with van der Waals surface area (Å²) in [6.07, 6.45) is 6.11. The van der Waals surface area contributed by atoms with Crippen LogP contribution in [0.3, 0.4) is 0 Å². The molecule has 1 heterocycles. The number of urea groups is 1. The van der Waals surface area contributed by atoms with Crippen LogP contribution in [0.1, 0.15) is 58.4 Å². The summed E-state index contributed by atoms with van der Waals surface area (Å²) in [5.74, 6) is 0. The van der Waals surface area contributed by atoms with Crippen LogP contribution < -0.4 is 10.2 Å². The van der Waals surface area contributed by atoms with Gasteiger partial charge in [-0.1, -0.05) is 52.2 Å². The molecule has 0 bridgehead atoms. The molecule has 0 unspecified atom stereocenters. The highest BCUT2D eigenvalue weighted by molar-refractivity contribution is 5.75. The van der Waals surface area contributed by atoms with Crippen molar-refractivity contribution in [2.24, 2.45) is 0 Å². The maximum absolute atomic E-state index is 12.5. The minimum Gasteiger partial charge on any atom is -0.368 e. The summed E-state index contributed by atoms with van der Waals surface area (Å²) >= 11 is 0. The first-order chi connectivity index (χ1) is 11.9. The number of nitrogens with one attached hydrogen (secondary N) is 1. The van der Waals surface area contributed by atoms with Gasteiger partial charge in [0.2, 0.25) is 0 Å². The number of amides is 2. The molecule has 1 N–H and O–H groups in total. The van der Waals surface area contributed by atoms with Gasteiger partial charge in [-0.25, -0.2) is 4.79 Å². The van der Waals surface area contributed by atoms with Gasteiger partial charge in [0.15, 0.2) is 0 Å². The van der Waals surface area contributed by atoms with Crippen molar-refractivity contribution in [3.8, 4) is 0 Å². The molecule has 3 rings (SSSR count). The van der Waals surface area contributed by atoms with E-state index in [1.165, 1.54) is 30.5 Å². The standard InChI is InChI=1S/C21H33N3O/c1-21(2,3)17-9-11-19(12-10-17)23-13-15-24(16-14-23)20(25)22-18-7-5-4-6-8-18/h9-12,18H,4-8,13-16H2,1-3H3,(H,22,25). The average Bonchev–Trinajstić information content (AvgIpc) is 2.62. The second-order valence-electron chi connectivity index (χ2n) is 8.56. The molecular formula is C21H33N3O.